The smallest absolute Gasteiger partial charge is 0.243 e. The molecule has 1 fully saturated rings. The Labute approximate surface area is 125 Å². The second kappa shape index (κ2) is 5.66. The van der Waals surface area contributed by atoms with Crippen LogP contribution in [0.1, 0.15) is 36.4 Å². The van der Waals surface area contributed by atoms with Crippen LogP contribution in [-0.2, 0) is 10.0 Å². The molecule has 0 N–H and O–H groups in total. The van der Waals surface area contributed by atoms with Crippen LogP contribution >= 0.6 is 0 Å². The summed E-state index contributed by atoms with van der Waals surface area (Å²) >= 11 is 0. The maximum Gasteiger partial charge on any atom is 0.243 e. The quantitative estimate of drug-likeness (QED) is 0.872. The fourth-order valence-electron chi connectivity index (χ4n) is 2.84. The highest BCUT2D eigenvalue weighted by molar-refractivity contribution is 7.89. The van der Waals surface area contributed by atoms with E-state index >= 15 is 0 Å². The second-order valence-electron chi connectivity index (χ2n) is 5.50. The van der Waals surface area contributed by atoms with Gasteiger partial charge in [-0.15, -0.1) is 0 Å². The van der Waals surface area contributed by atoms with Gasteiger partial charge in [0.1, 0.15) is 0 Å². The molecule has 0 aliphatic carbocycles. The molecule has 1 aliphatic heterocycles. The van der Waals surface area contributed by atoms with Gasteiger partial charge in [-0.2, -0.15) is 4.31 Å². The van der Waals surface area contributed by atoms with Crippen molar-refractivity contribution < 1.29 is 12.8 Å². The van der Waals surface area contributed by atoms with E-state index in [0.29, 0.717) is 11.4 Å². The Balaban J connectivity index is 1.97. The molecule has 0 unspecified atom stereocenters. The molecule has 5 heteroatoms. The highest BCUT2D eigenvalue weighted by atomic mass is 32.2. The number of nitrogens with zero attached hydrogens (tertiary/aromatic N) is 1. The molecule has 0 saturated carbocycles. The molecular weight excluding hydrogens is 286 g/mol. The highest BCUT2D eigenvalue weighted by Crippen LogP contribution is 2.35. The number of sulfonamides is 1. The average molecular weight is 305 g/mol. The summed E-state index contributed by atoms with van der Waals surface area (Å²) in [6.07, 6.45) is 6.02. The summed E-state index contributed by atoms with van der Waals surface area (Å²) in [6, 6.07) is 8.78. The number of hydrogen-bond acceptors (Lipinski definition) is 3. The first-order chi connectivity index (χ1) is 10.1. The third kappa shape index (κ3) is 2.76. The van der Waals surface area contributed by atoms with Crippen molar-refractivity contribution in [2.24, 2.45) is 0 Å². The normalized spacial score (nSPS) is 20.5. The number of aryl methyl sites for hydroxylation is 1. The van der Waals surface area contributed by atoms with Crippen molar-refractivity contribution in [3.05, 3.63) is 54.0 Å². The summed E-state index contributed by atoms with van der Waals surface area (Å²) < 4.78 is 32.5. The maximum absolute atomic E-state index is 12.9. The van der Waals surface area contributed by atoms with E-state index in [-0.39, 0.29) is 6.04 Å². The Hall–Kier alpha value is -1.59. The minimum atomic E-state index is -3.46. The van der Waals surface area contributed by atoms with Gasteiger partial charge in [-0.05, 0) is 38.0 Å². The van der Waals surface area contributed by atoms with Crippen molar-refractivity contribution in [2.75, 3.05) is 6.54 Å². The van der Waals surface area contributed by atoms with Crippen LogP contribution in [0.2, 0.25) is 0 Å². The van der Waals surface area contributed by atoms with E-state index in [4.69, 9.17) is 4.42 Å². The van der Waals surface area contributed by atoms with Crippen molar-refractivity contribution in [1.29, 1.82) is 0 Å². The molecule has 1 atom stereocenters. The summed E-state index contributed by atoms with van der Waals surface area (Å²) in [6.45, 7) is 2.51. The SMILES string of the molecule is Cc1ccc(S(=O)(=O)N2CCCC[C@@H]2c2ccoc2)cc1. The lowest BCUT2D eigenvalue weighted by molar-refractivity contribution is 0.255. The third-order valence-corrected chi connectivity index (χ3v) is 5.93. The van der Waals surface area contributed by atoms with Crippen LogP contribution in [0.25, 0.3) is 0 Å². The van der Waals surface area contributed by atoms with E-state index in [1.807, 2.05) is 25.1 Å². The Morgan fingerprint density at radius 1 is 1.14 bits per heavy atom. The molecule has 112 valence electrons. The van der Waals surface area contributed by atoms with Gasteiger partial charge < -0.3 is 4.42 Å². The number of furan rings is 1. The van der Waals surface area contributed by atoms with Gasteiger partial charge in [-0.25, -0.2) is 8.42 Å². The summed E-state index contributed by atoms with van der Waals surface area (Å²) in [5.74, 6) is 0. The molecule has 0 spiro atoms. The summed E-state index contributed by atoms with van der Waals surface area (Å²) in [5.41, 5.74) is 1.99. The van der Waals surface area contributed by atoms with E-state index in [9.17, 15) is 8.42 Å². The number of piperidine rings is 1. The molecule has 2 heterocycles. The molecular formula is C16H19NO3S. The van der Waals surface area contributed by atoms with Crippen LogP contribution in [0.4, 0.5) is 0 Å². The average Bonchev–Trinajstić information content (AvgIpc) is 3.02. The van der Waals surface area contributed by atoms with Gasteiger partial charge in [0.25, 0.3) is 0 Å². The minimum Gasteiger partial charge on any atom is -0.472 e. The van der Waals surface area contributed by atoms with Gasteiger partial charge in [-0.1, -0.05) is 24.1 Å². The van der Waals surface area contributed by atoms with Crippen LogP contribution in [0.15, 0.2) is 52.2 Å². The van der Waals surface area contributed by atoms with E-state index in [1.165, 1.54) is 0 Å². The summed E-state index contributed by atoms with van der Waals surface area (Å²) in [4.78, 5) is 0.364. The standard InChI is InChI=1S/C16H19NO3S/c1-13-5-7-15(8-6-13)21(18,19)17-10-3-2-4-16(17)14-9-11-20-12-14/h5-9,11-12,16H,2-4,10H2,1H3/t16-/m1/s1. The second-order valence-corrected chi connectivity index (χ2v) is 7.39. The molecule has 1 aromatic carbocycles. The minimum absolute atomic E-state index is 0.121. The molecule has 0 amide bonds. The molecule has 1 aliphatic rings. The predicted octanol–water partition coefficient (Wildman–Crippen LogP) is 3.50. The van der Waals surface area contributed by atoms with Crippen molar-refractivity contribution in [1.82, 2.24) is 4.31 Å². The lowest BCUT2D eigenvalue weighted by Crippen LogP contribution is -2.38. The summed E-state index contributed by atoms with van der Waals surface area (Å²) in [5, 5.41) is 0. The zero-order chi connectivity index (χ0) is 14.9. The molecule has 1 aromatic heterocycles. The van der Waals surface area contributed by atoms with Gasteiger partial charge in [-0.3, -0.25) is 0 Å². The van der Waals surface area contributed by atoms with Crippen LogP contribution in [0.3, 0.4) is 0 Å². The lowest BCUT2D eigenvalue weighted by atomic mass is 10.00. The third-order valence-electron chi connectivity index (χ3n) is 4.01. The lowest BCUT2D eigenvalue weighted by Gasteiger charge is -2.34. The zero-order valence-electron chi connectivity index (χ0n) is 12.0. The highest BCUT2D eigenvalue weighted by Gasteiger charge is 2.34. The van der Waals surface area contributed by atoms with Crippen LogP contribution in [0.5, 0.6) is 0 Å². The van der Waals surface area contributed by atoms with Crippen LogP contribution in [0, 0.1) is 6.92 Å². The van der Waals surface area contributed by atoms with E-state index in [2.05, 4.69) is 0 Å². The molecule has 0 bridgehead atoms. The zero-order valence-corrected chi connectivity index (χ0v) is 12.8. The molecule has 1 saturated heterocycles. The maximum atomic E-state index is 12.9. The Morgan fingerprint density at radius 2 is 1.90 bits per heavy atom. The van der Waals surface area contributed by atoms with Crippen molar-refractivity contribution in [3.63, 3.8) is 0 Å². The Morgan fingerprint density at radius 3 is 2.57 bits per heavy atom. The van der Waals surface area contributed by atoms with Gasteiger partial charge in [0.15, 0.2) is 0 Å². The van der Waals surface area contributed by atoms with E-state index < -0.39 is 10.0 Å². The fraction of sp³-hybridized carbons (Fsp3) is 0.375. The van der Waals surface area contributed by atoms with Crippen molar-refractivity contribution in [2.45, 2.75) is 37.1 Å². The van der Waals surface area contributed by atoms with Gasteiger partial charge >= 0.3 is 0 Å². The van der Waals surface area contributed by atoms with Crippen LogP contribution < -0.4 is 0 Å². The predicted molar refractivity (Wildman–Crippen MR) is 80.4 cm³/mol. The van der Waals surface area contributed by atoms with Gasteiger partial charge in [0, 0.05) is 12.1 Å². The van der Waals surface area contributed by atoms with Gasteiger partial charge in [0.2, 0.25) is 10.0 Å². The monoisotopic (exact) mass is 305 g/mol. The number of rotatable bonds is 3. The number of benzene rings is 1. The van der Waals surface area contributed by atoms with Crippen LogP contribution in [-0.4, -0.2) is 19.3 Å². The fourth-order valence-corrected chi connectivity index (χ4v) is 4.52. The first kappa shape index (κ1) is 14.4. The first-order valence-corrected chi connectivity index (χ1v) is 8.63. The molecule has 2 aromatic rings. The molecule has 0 radical (unpaired) electrons. The topological polar surface area (TPSA) is 50.5 Å². The molecule has 21 heavy (non-hydrogen) atoms. The van der Waals surface area contributed by atoms with E-state index in [0.717, 1.165) is 30.4 Å². The van der Waals surface area contributed by atoms with Crippen molar-refractivity contribution in [3.8, 4) is 0 Å². The first-order valence-electron chi connectivity index (χ1n) is 7.19. The van der Waals surface area contributed by atoms with E-state index in [1.54, 1.807) is 29.0 Å². The molecule has 4 nitrogen and oxygen atoms in total. The number of hydrogen-bond donors (Lipinski definition) is 0. The summed E-state index contributed by atoms with van der Waals surface area (Å²) in [7, 11) is -3.46. The van der Waals surface area contributed by atoms with Crippen molar-refractivity contribution >= 4 is 10.0 Å². The molecule has 3 rings (SSSR count). The van der Waals surface area contributed by atoms with Gasteiger partial charge in [0.05, 0.1) is 23.5 Å². The Bertz CT molecular complexity index is 690. The Kier molecular flexibility index (Phi) is 3.87. The largest absolute Gasteiger partial charge is 0.472 e.